The molecule has 0 aliphatic carbocycles. The average molecular weight is 300 g/mol. The number of hydrogen-bond donors (Lipinski definition) is 2. The van der Waals surface area contributed by atoms with E-state index in [1.807, 2.05) is 0 Å². The lowest BCUT2D eigenvalue weighted by Crippen LogP contribution is -1.96. The highest BCUT2D eigenvalue weighted by molar-refractivity contribution is 9.10. The van der Waals surface area contributed by atoms with Gasteiger partial charge >= 0.3 is 0 Å². The van der Waals surface area contributed by atoms with Crippen molar-refractivity contribution in [3.63, 3.8) is 0 Å². The summed E-state index contributed by atoms with van der Waals surface area (Å²) in [6, 6.07) is 5.97. The molecule has 0 aromatic heterocycles. The first kappa shape index (κ1) is 12.3. The lowest BCUT2D eigenvalue weighted by Gasteiger charge is -2.05. The average Bonchev–Trinajstić information content (AvgIpc) is 2.26. The van der Waals surface area contributed by atoms with E-state index in [-0.39, 0.29) is 16.5 Å². The molecule has 0 unspecified atom stereocenters. The Morgan fingerprint density at radius 2 is 2.06 bits per heavy atom. The third-order valence-electron chi connectivity index (χ3n) is 1.54. The number of phenolic OH excluding ortho intramolecular Hbond substituents is 1. The van der Waals surface area contributed by atoms with Crippen molar-refractivity contribution in [3.8, 4) is 17.9 Å². The zero-order valence-electron chi connectivity index (χ0n) is 7.70. The van der Waals surface area contributed by atoms with Crippen LogP contribution in [0.1, 0.15) is 0 Å². The van der Waals surface area contributed by atoms with Crippen LogP contribution in [0.25, 0.3) is 0 Å². The number of anilines is 1. The molecule has 2 N–H and O–H groups in total. The van der Waals surface area contributed by atoms with Gasteiger partial charge in [0, 0.05) is 10.5 Å². The summed E-state index contributed by atoms with van der Waals surface area (Å²) in [7, 11) is 0. The van der Waals surface area contributed by atoms with Crippen molar-refractivity contribution >= 4 is 38.9 Å². The van der Waals surface area contributed by atoms with Gasteiger partial charge in [0.05, 0.1) is 10.7 Å². The largest absolute Gasteiger partial charge is 0.506 e. The van der Waals surface area contributed by atoms with Crippen LogP contribution in [-0.4, -0.2) is 10.8 Å². The molecule has 0 heterocycles. The van der Waals surface area contributed by atoms with Gasteiger partial charge in [0.2, 0.25) is 5.71 Å². The second-order valence-electron chi connectivity index (χ2n) is 2.58. The standard InChI is InChI=1S/C9H4BrClN4O/c10-6-1-7(11)9(16)2-8(6)15-14-5(3-12)4-13/h1-2,15-16H. The molecule has 1 rings (SSSR count). The molecule has 5 nitrogen and oxygen atoms in total. The Labute approximate surface area is 105 Å². The van der Waals surface area contributed by atoms with Crippen LogP contribution in [0.4, 0.5) is 5.69 Å². The monoisotopic (exact) mass is 298 g/mol. The molecule has 1 aromatic rings. The highest BCUT2D eigenvalue weighted by Crippen LogP contribution is 2.33. The van der Waals surface area contributed by atoms with Gasteiger partial charge in [-0.15, -0.1) is 0 Å². The van der Waals surface area contributed by atoms with Crippen LogP contribution >= 0.6 is 27.5 Å². The molecule has 0 saturated heterocycles. The van der Waals surface area contributed by atoms with Crippen LogP contribution in [0.2, 0.25) is 5.02 Å². The maximum atomic E-state index is 9.33. The number of nitriles is 2. The van der Waals surface area contributed by atoms with Gasteiger partial charge in [0.15, 0.2) is 0 Å². The number of nitrogens with one attached hydrogen (secondary N) is 1. The third kappa shape index (κ3) is 2.86. The normalized spacial score (nSPS) is 8.75. The number of hydrazone groups is 1. The van der Waals surface area contributed by atoms with Gasteiger partial charge in [0.1, 0.15) is 17.9 Å². The molecule has 16 heavy (non-hydrogen) atoms. The van der Waals surface area contributed by atoms with E-state index in [0.717, 1.165) is 0 Å². The molecule has 80 valence electrons. The fraction of sp³-hybridized carbons (Fsp3) is 0. The highest BCUT2D eigenvalue weighted by atomic mass is 79.9. The van der Waals surface area contributed by atoms with Crippen LogP contribution in [0.5, 0.6) is 5.75 Å². The van der Waals surface area contributed by atoms with Gasteiger partial charge < -0.3 is 5.11 Å². The molecular weight excluding hydrogens is 295 g/mol. The fourth-order valence-electron chi connectivity index (χ4n) is 0.814. The lowest BCUT2D eigenvalue weighted by molar-refractivity contribution is 0.476. The lowest BCUT2D eigenvalue weighted by atomic mass is 10.3. The molecule has 0 amide bonds. The van der Waals surface area contributed by atoms with E-state index in [9.17, 15) is 5.11 Å². The summed E-state index contributed by atoms with van der Waals surface area (Å²) < 4.78 is 0.550. The zero-order valence-corrected chi connectivity index (χ0v) is 10.0. The molecule has 0 aliphatic heterocycles. The Kier molecular flexibility index (Phi) is 4.12. The van der Waals surface area contributed by atoms with Gasteiger partial charge in [-0.2, -0.15) is 15.6 Å². The number of halogens is 2. The Bertz CT molecular complexity index is 514. The van der Waals surface area contributed by atoms with Crippen LogP contribution in [0, 0.1) is 22.7 Å². The van der Waals surface area contributed by atoms with Gasteiger partial charge in [0.25, 0.3) is 0 Å². The van der Waals surface area contributed by atoms with Gasteiger partial charge in [-0.25, -0.2) is 0 Å². The van der Waals surface area contributed by atoms with E-state index >= 15 is 0 Å². The van der Waals surface area contributed by atoms with Crippen LogP contribution in [0.15, 0.2) is 21.7 Å². The van der Waals surface area contributed by atoms with Crippen molar-refractivity contribution in [1.29, 1.82) is 10.5 Å². The summed E-state index contributed by atoms with van der Waals surface area (Å²) >= 11 is 8.84. The van der Waals surface area contributed by atoms with Crippen molar-refractivity contribution in [1.82, 2.24) is 0 Å². The van der Waals surface area contributed by atoms with Gasteiger partial charge in [-0.05, 0) is 22.0 Å². The van der Waals surface area contributed by atoms with Crippen LogP contribution in [0.3, 0.4) is 0 Å². The third-order valence-corrected chi connectivity index (χ3v) is 2.50. The summed E-state index contributed by atoms with van der Waals surface area (Å²) in [6.07, 6.45) is 0. The van der Waals surface area contributed by atoms with Gasteiger partial charge in [-0.1, -0.05) is 11.6 Å². The van der Waals surface area contributed by atoms with E-state index in [2.05, 4.69) is 26.5 Å². The predicted molar refractivity (Wildman–Crippen MR) is 63.1 cm³/mol. The Balaban J connectivity index is 3.01. The van der Waals surface area contributed by atoms with E-state index in [0.29, 0.717) is 10.2 Å². The molecule has 0 atom stereocenters. The first-order valence-electron chi connectivity index (χ1n) is 3.90. The highest BCUT2D eigenvalue weighted by Gasteiger charge is 2.05. The van der Waals surface area contributed by atoms with E-state index in [1.165, 1.54) is 12.1 Å². The molecule has 0 radical (unpaired) electrons. The van der Waals surface area contributed by atoms with E-state index in [1.54, 1.807) is 12.1 Å². The summed E-state index contributed by atoms with van der Waals surface area (Å²) in [5.74, 6) is -0.127. The summed E-state index contributed by atoms with van der Waals surface area (Å²) in [4.78, 5) is 0. The summed E-state index contributed by atoms with van der Waals surface area (Å²) in [6.45, 7) is 0. The zero-order chi connectivity index (χ0) is 12.1. The molecule has 0 aliphatic rings. The minimum atomic E-state index is -0.318. The molecule has 0 fully saturated rings. The second kappa shape index (κ2) is 5.36. The quantitative estimate of drug-likeness (QED) is 0.648. The first-order valence-corrected chi connectivity index (χ1v) is 5.07. The maximum Gasteiger partial charge on any atom is 0.237 e. The number of benzene rings is 1. The topological polar surface area (TPSA) is 92.2 Å². The van der Waals surface area contributed by atoms with E-state index < -0.39 is 0 Å². The Morgan fingerprint density at radius 3 is 2.62 bits per heavy atom. The van der Waals surface area contributed by atoms with Crippen molar-refractivity contribution in [2.24, 2.45) is 5.10 Å². The van der Waals surface area contributed by atoms with Crippen LogP contribution in [-0.2, 0) is 0 Å². The smallest absolute Gasteiger partial charge is 0.237 e. The molecule has 1 aromatic carbocycles. The van der Waals surface area contributed by atoms with Crippen LogP contribution < -0.4 is 5.43 Å². The first-order chi connectivity index (χ1) is 7.58. The fourth-order valence-corrected chi connectivity index (χ4v) is 1.54. The predicted octanol–water partition coefficient (Wildman–Crippen LogP) is 2.62. The summed E-state index contributed by atoms with van der Waals surface area (Å²) in [5.41, 5.74) is 2.54. The minimum Gasteiger partial charge on any atom is -0.506 e. The molecule has 7 heteroatoms. The Hall–Kier alpha value is -1.76. The molecule has 0 saturated carbocycles. The number of nitrogens with zero attached hydrogens (tertiary/aromatic N) is 3. The number of rotatable bonds is 2. The SMILES string of the molecule is N#CC(C#N)=NNc1cc(O)c(Cl)cc1Br. The van der Waals surface area contributed by atoms with Crippen molar-refractivity contribution in [2.75, 3.05) is 5.43 Å². The Morgan fingerprint density at radius 1 is 1.44 bits per heavy atom. The van der Waals surface area contributed by atoms with Crippen molar-refractivity contribution in [3.05, 3.63) is 21.6 Å². The van der Waals surface area contributed by atoms with Crippen molar-refractivity contribution < 1.29 is 5.11 Å². The number of aromatic hydroxyl groups is 1. The van der Waals surface area contributed by atoms with Gasteiger partial charge in [-0.3, -0.25) is 5.43 Å². The molecule has 0 spiro atoms. The molecular formula is C9H4BrClN4O. The minimum absolute atomic E-state index is 0.127. The van der Waals surface area contributed by atoms with E-state index in [4.69, 9.17) is 22.1 Å². The number of phenols is 1. The summed E-state index contributed by atoms with van der Waals surface area (Å²) in [5, 5.41) is 29.9. The van der Waals surface area contributed by atoms with Crippen molar-refractivity contribution in [2.45, 2.75) is 0 Å². The second-order valence-corrected chi connectivity index (χ2v) is 3.84. The molecule has 0 bridgehead atoms. The maximum absolute atomic E-state index is 9.33. The number of hydrogen-bond acceptors (Lipinski definition) is 5.